The first-order chi connectivity index (χ1) is 4.18. The van der Waals surface area contributed by atoms with E-state index in [0.717, 1.165) is 0 Å². The maximum Gasteiger partial charge on any atom is 0.322 e. The van der Waals surface area contributed by atoms with Crippen molar-refractivity contribution < 1.29 is 14.6 Å². The molecule has 0 aliphatic heterocycles. The van der Waals surface area contributed by atoms with Crippen molar-refractivity contribution in [1.82, 2.24) is 0 Å². The fourth-order valence-corrected chi connectivity index (χ4v) is 0.278. The first-order valence-electron chi connectivity index (χ1n) is 2.71. The first kappa shape index (κ1) is 8.39. The summed E-state index contributed by atoms with van der Waals surface area (Å²) in [5, 5.41) is 8.18. The Balaban J connectivity index is 3.28. The minimum Gasteiger partial charge on any atom is -0.462 e. The largest absolute Gasteiger partial charge is 0.462 e. The van der Waals surface area contributed by atoms with Crippen LogP contribution in [0, 0.1) is 0 Å². The third kappa shape index (κ3) is 3.93. The third-order valence-electron chi connectivity index (χ3n) is 0.707. The van der Waals surface area contributed by atoms with Gasteiger partial charge in [-0.1, -0.05) is 0 Å². The van der Waals surface area contributed by atoms with Crippen LogP contribution in [-0.4, -0.2) is 30.3 Å². The van der Waals surface area contributed by atoms with Crippen LogP contribution in [0.2, 0.25) is 0 Å². The van der Waals surface area contributed by atoms with Crippen molar-refractivity contribution in [2.45, 2.75) is 13.0 Å². The Kier molecular flexibility index (Phi) is 4.00. The van der Waals surface area contributed by atoms with E-state index in [0.29, 0.717) is 0 Å². The Bertz CT molecular complexity index is 92.2. The summed E-state index contributed by atoms with van der Waals surface area (Å²) in [6, 6.07) is -0.600. The summed E-state index contributed by atoms with van der Waals surface area (Å²) in [5.74, 6) is -0.482. The van der Waals surface area contributed by atoms with Crippen LogP contribution in [0.1, 0.15) is 6.92 Å². The Hall–Kier alpha value is -0.610. The van der Waals surface area contributed by atoms with Crippen LogP contribution in [0.5, 0.6) is 0 Å². The highest BCUT2D eigenvalue weighted by molar-refractivity contribution is 5.74. The molecule has 0 aliphatic carbocycles. The molecule has 1 atom stereocenters. The molecule has 0 saturated heterocycles. The molecule has 0 saturated carbocycles. The zero-order chi connectivity index (χ0) is 7.28. The van der Waals surface area contributed by atoms with Crippen LogP contribution >= 0.6 is 0 Å². The number of aliphatic hydroxyl groups excluding tert-OH is 1. The number of aliphatic hydroxyl groups is 1. The van der Waals surface area contributed by atoms with Crippen LogP contribution in [0.25, 0.3) is 0 Å². The minimum atomic E-state index is -0.600. The number of nitrogens with two attached hydrogens (primary N) is 1. The predicted molar refractivity (Wildman–Crippen MR) is 31.7 cm³/mol. The fraction of sp³-hybridized carbons (Fsp3) is 0.800. The Morgan fingerprint density at radius 3 is 2.78 bits per heavy atom. The van der Waals surface area contributed by atoms with E-state index in [1.165, 1.54) is 6.92 Å². The van der Waals surface area contributed by atoms with E-state index in [-0.39, 0.29) is 13.2 Å². The molecule has 4 heteroatoms. The number of rotatable bonds is 3. The predicted octanol–water partition coefficient (Wildman–Crippen LogP) is -1.13. The lowest BCUT2D eigenvalue weighted by molar-refractivity contribution is -0.145. The summed E-state index contributed by atoms with van der Waals surface area (Å²) in [6.45, 7) is 1.40. The van der Waals surface area contributed by atoms with E-state index in [4.69, 9.17) is 10.8 Å². The number of hydrogen-bond donors (Lipinski definition) is 2. The van der Waals surface area contributed by atoms with Crippen molar-refractivity contribution >= 4 is 5.97 Å². The van der Waals surface area contributed by atoms with Gasteiger partial charge in [0.25, 0.3) is 0 Å². The van der Waals surface area contributed by atoms with Gasteiger partial charge in [-0.3, -0.25) is 4.79 Å². The standard InChI is InChI=1S/C5H11NO3/c1-4(6)5(8)9-3-2-7/h4,7H,2-3,6H2,1H3/t4-/m0/s1. The average Bonchev–Trinajstić information content (AvgIpc) is 1.82. The van der Waals surface area contributed by atoms with E-state index < -0.39 is 12.0 Å². The molecule has 0 aromatic heterocycles. The molecule has 0 amide bonds. The number of carbonyl (C=O) groups excluding carboxylic acids is 1. The van der Waals surface area contributed by atoms with Crippen molar-refractivity contribution in [2.24, 2.45) is 5.73 Å². The lowest BCUT2D eigenvalue weighted by Crippen LogP contribution is -2.29. The van der Waals surface area contributed by atoms with Gasteiger partial charge in [-0.2, -0.15) is 0 Å². The summed E-state index contributed by atoms with van der Waals surface area (Å²) in [5.41, 5.74) is 5.12. The zero-order valence-corrected chi connectivity index (χ0v) is 5.33. The molecule has 3 N–H and O–H groups in total. The van der Waals surface area contributed by atoms with Crippen molar-refractivity contribution in [3.8, 4) is 0 Å². The second-order valence-corrected chi connectivity index (χ2v) is 1.68. The van der Waals surface area contributed by atoms with E-state index >= 15 is 0 Å². The highest BCUT2D eigenvalue weighted by atomic mass is 16.5. The zero-order valence-electron chi connectivity index (χ0n) is 5.33. The molecule has 0 heterocycles. The second-order valence-electron chi connectivity index (χ2n) is 1.68. The van der Waals surface area contributed by atoms with Crippen LogP contribution < -0.4 is 5.73 Å². The summed E-state index contributed by atoms with van der Waals surface area (Å²) < 4.78 is 4.44. The lowest BCUT2D eigenvalue weighted by atomic mass is 10.4. The average molecular weight is 133 g/mol. The van der Waals surface area contributed by atoms with E-state index in [2.05, 4.69) is 4.74 Å². The number of esters is 1. The molecular weight excluding hydrogens is 122 g/mol. The maximum absolute atomic E-state index is 10.4. The Labute approximate surface area is 53.6 Å². The molecule has 0 radical (unpaired) electrons. The highest BCUT2D eigenvalue weighted by Crippen LogP contribution is 1.81. The fourth-order valence-electron chi connectivity index (χ4n) is 0.278. The number of ether oxygens (including phenoxy) is 1. The molecule has 9 heavy (non-hydrogen) atoms. The second kappa shape index (κ2) is 4.29. The molecule has 0 rings (SSSR count). The summed E-state index contributed by atoms with van der Waals surface area (Å²) >= 11 is 0. The SMILES string of the molecule is C[C@H](N)C(=O)OCCO. The van der Waals surface area contributed by atoms with Crippen LogP contribution in [0.15, 0.2) is 0 Å². The van der Waals surface area contributed by atoms with Gasteiger partial charge in [0.1, 0.15) is 12.6 Å². The van der Waals surface area contributed by atoms with Crippen LogP contribution in [-0.2, 0) is 9.53 Å². The molecule has 0 aromatic rings. The van der Waals surface area contributed by atoms with Gasteiger partial charge in [-0.05, 0) is 6.92 Å². The molecule has 0 aromatic carbocycles. The third-order valence-corrected chi connectivity index (χ3v) is 0.707. The van der Waals surface area contributed by atoms with Gasteiger partial charge >= 0.3 is 5.97 Å². The van der Waals surface area contributed by atoms with Gasteiger partial charge in [0.2, 0.25) is 0 Å². The van der Waals surface area contributed by atoms with E-state index in [1.807, 2.05) is 0 Å². The summed E-state index contributed by atoms with van der Waals surface area (Å²) in [4.78, 5) is 10.4. The Morgan fingerprint density at radius 2 is 2.44 bits per heavy atom. The van der Waals surface area contributed by atoms with Gasteiger partial charge in [0.15, 0.2) is 0 Å². The van der Waals surface area contributed by atoms with Gasteiger partial charge in [0, 0.05) is 0 Å². The number of hydrogen-bond acceptors (Lipinski definition) is 4. The van der Waals surface area contributed by atoms with Crippen molar-refractivity contribution in [1.29, 1.82) is 0 Å². The first-order valence-corrected chi connectivity index (χ1v) is 2.71. The Morgan fingerprint density at radius 1 is 1.89 bits per heavy atom. The van der Waals surface area contributed by atoms with Gasteiger partial charge in [-0.15, -0.1) is 0 Å². The summed E-state index contributed by atoms with van der Waals surface area (Å²) in [6.07, 6.45) is 0. The van der Waals surface area contributed by atoms with Gasteiger partial charge < -0.3 is 15.6 Å². The van der Waals surface area contributed by atoms with Crippen LogP contribution in [0.4, 0.5) is 0 Å². The van der Waals surface area contributed by atoms with Crippen LogP contribution in [0.3, 0.4) is 0 Å². The molecule has 54 valence electrons. The highest BCUT2D eigenvalue weighted by Gasteiger charge is 2.06. The lowest BCUT2D eigenvalue weighted by Gasteiger charge is -2.03. The minimum absolute atomic E-state index is 0.0281. The molecule has 0 bridgehead atoms. The van der Waals surface area contributed by atoms with Crippen molar-refractivity contribution in [3.63, 3.8) is 0 Å². The van der Waals surface area contributed by atoms with Gasteiger partial charge in [0.05, 0.1) is 6.61 Å². The molecule has 0 aliphatic rings. The number of carbonyl (C=O) groups is 1. The smallest absolute Gasteiger partial charge is 0.322 e. The van der Waals surface area contributed by atoms with Gasteiger partial charge in [-0.25, -0.2) is 0 Å². The molecule has 0 fully saturated rings. The monoisotopic (exact) mass is 133 g/mol. The molecule has 0 spiro atoms. The molecular formula is C5H11NO3. The van der Waals surface area contributed by atoms with E-state index in [1.54, 1.807) is 0 Å². The normalized spacial score (nSPS) is 12.8. The van der Waals surface area contributed by atoms with Crippen molar-refractivity contribution in [2.75, 3.05) is 13.2 Å². The topological polar surface area (TPSA) is 72.6 Å². The summed E-state index contributed by atoms with van der Waals surface area (Å²) in [7, 11) is 0. The molecule has 0 unspecified atom stereocenters. The molecule has 4 nitrogen and oxygen atoms in total. The quantitative estimate of drug-likeness (QED) is 0.478. The maximum atomic E-state index is 10.4. The van der Waals surface area contributed by atoms with E-state index in [9.17, 15) is 4.79 Å². The van der Waals surface area contributed by atoms with Crippen molar-refractivity contribution in [3.05, 3.63) is 0 Å².